The maximum atomic E-state index is 11.3. The molecule has 20 heavy (non-hydrogen) atoms. The van der Waals surface area contributed by atoms with E-state index < -0.39 is 0 Å². The molecule has 1 rings (SSSR count). The van der Waals surface area contributed by atoms with Gasteiger partial charge in [0, 0.05) is 21.1 Å². The number of carbonyl (C=O) groups is 1. The number of aromatic nitrogens is 3. The first-order valence-electron chi connectivity index (χ1n) is 5.83. The molecular weight excluding hydrogens is 280 g/mol. The highest BCUT2D eigenvalue weighted by atomic mass is 32.2. The number of thioether (sulfide) groups is 1. The lowest BCUT2D eigenvalue weighted by Crippen LogP contribution is -2.19. The van der Waals surface area contributed by atoms with Gasteiger partial charge in [-0.25, -0.2) is 4.79 Å². The van der Waals surface area contributed by atoms with Crippen molar-refractivity contribution >= 4 is 29.0 Å². The van der Waals surface area contributed by atoms with Crippen molar-refractivity contribution < 1.29 is 9.53 Å². The van der Waals surface area contributed by atoms with Crippen LogP contribution in [0.1, 0.15) is 12.7 Å². The minimum Gasteiger partial charge on any atom is -0.458 e. The molecule has 1 heterocycles. The summed E-state index contributed by atoms with van der Waals surface area (Å²) in [5, 5.41) is 8.50. The number of ether oxygens (including phenoxy) is 1. The van der Waals surface area contributed by atoms with Gasteiger partial charge >= 0.3 is 5.30 Å². The number of nitriles is 1. The standard InChI is InChI=1S/C11H16N6O2S/c1-5-19-11(18)20-6-8-13-9(16(2)3)15-10(14-8)17(4)7-12/h5-6H2,1-4H3. The minimum atomic E-state index is -0.380. The number of hydrogen-bond acceptors (Lipinski definition) is 9. The van der Waals surface area contributed by atoms with Gasteiger partial charge in [0.1, 0.15) is 5.82 Å². The maximum absolute atomic E-state index is 11.3. The molecule has 0 amide bonds. The monoisotopic (exact) mass is 296 g/mol. The molecule has 0 aromatic carbocycles. The molecule has 0 unspecified atom stereocenters. The normalized spacial score (nSPS) is 9.75. The summed E-state index contributed by atoms with van der Waals surface area (Å²) in [7, 11) is 5.12. The Bertz CT molecular complexity index is 516. The predicted molar refractivity (Wildman–Crippen MR) is 76.5 cm³/mol. The van der Waals surface area contributed by atoms with Gasteiger partial charge in [0.2, 0.25) is 11.9 Å². The zero-order valence-corrected chi connectivity index (χ0v) is 12.6. The first-order valence-corrected chi connectivity index (χ1v) is 6.81. The molecule has 0 saturated carbocycles. The van der Waals surface area contributed by atoms with E-state index in [4.69, 9.17) is 10.00 Å². The van der Waals surface area contributed by atoms with Gasteiger partial charge in [0.05, 0.1) is 12.4 Å². The Labute approximate surface area is 121 Å². The van der Waals surface area contributed by atoms with Gasteiger partial charge in [-0.1, -0.05) is 0 Å². The van der Waals surface area contributed by atoms with Crippen LogP contribution >= 0.6 is 11.8 Å². The second kappa shape index (κ2) is 7.49. The van der Waals surface area contributed by atoms with Crippen molar-refractivity contribution in [2.75, 3.05) is 37.5 Å². The van der Waals surface area contributed by atoms with Crippen molar-refractivity contribution in [2.24, 2.45) is 0 Å². The first-order chi connectivity index (χ1) is 9.47. The van der Waals surface area contributed by atoms with E-state index in [0.29, 0.717) is 18.4 Å². The van der Waals surface area contributed by atoms with Crippen LogP contribution in [0.15, 0.2) is 0 Å². The van der Waals surface area contributed by atoms with Gasteiger partial charge in [0.15, 0.2) is 6.19 Å². The first kappa shape index (κ1) is 16.0. The van der Waals surface area contributed by atoms with Crippen LogP contribution in [0.4, 0.5) is 16.7 Å². The van der Waals surface area contributed by atoms with Crippen LogP contribution in [0.2, 0.25) is 0 Å². The van der Waals surface area contributed by atoms with E-state index in [-0.39, 0.29) is 17.0 Å². The Morgan fingerprint density at radius 3 is 2.50 bits per heavy atom. The lowest BCUT2D eigenvalue weighted by Gasteiger charge is -2.14. The van der Waals surface area contributed by atoms with Crippen molar-refractivity contribution in [2.45, 2.75) is 12.7 Å². The van der Waals surface area contributed by atoms with Crippen LogP contribution in [0.3, 0.4) is 0 Å². The summed E-state index contributed by atoms with van der Waals surface area (Å²) >= 11 is 0.969. The van der Waals surface area contributed by atoms with Crippen molar-refractivity contribution in [3.63, 3.8) is 0 Å². The number of rotatable bonds is 5. The Hall–Kier alpha value is -2.08. The Morgan fingerprint density at radius 2 is 1.95 bits per heavy atom. The zero-order chi connectivity index (χ0) is 15.1. The van der Waals surface area contributed by atoms with Gasteiger partial charge in [-0.15, -0.1) is 0 Å². The van der Waals surface area contributed by atoms with Crippen molar-refractivity contribution in [1.82, 2.24) is 15.0 Å². The second-order valence-corrected chi connectivity index (χ2v) is 4.79. The van der Waals surface area contributed by atoms with E-state index in [2.05, 4.69) is 15.0 Å². The lowest BCUT2D eigenvalue weighted by atomic mass is 10.6. The van der Waals surface area contributed by atoms with Crippen LogP contribution in [-0.2, 0) is 10.5 Å². The van der Waals surface area contributed by atoms with Crippen molar-refractivity contribution in [1.29, 1.82) is 5.26 Å². The molecule has 1 aromatic heterocycles. The maximum Gasteiger partial charge on any atom is 0.367 e. The minimum absolute atomic E-state index is 0.241. The third kappa shape index (κ3) is 4.55. The summed E-state index contributed by atoms with van der Waals surface area (Å²) in [4.78, 5) is 26.8. The molecule has 9 heteroatoms. The van der Waals surface area contributed by atoms with Crippen LogP contribution < -0.4 is 9.80 Å². The average molecular weight is 296 g/mol. The van der Waals surface area contributed by atoms with Crippen molar-refractivity contribution in [3.8, 4) is 6.19 Å². The molecule has 0 aliphatic heterocycles. The van der Waals surface area contributed by atoms with Crippen molar-refractivity contribution in [3.05, 3.63) is 5.82 Å². The second-order valence-electron chi connectivity index (χ2n) is 3.88. The van der Waals surface area contributed by atoms with Crippen LogP contribution in [0.25, 0.3) is 0 Å². The van der Waals surface area contributed by atoms with Gasteiger partial charge in [-0.3, -0.25) is 4.90 Å². The van der Waals surface area contributed by atoms with E-state index in [1.807, 2.05) is 6.19 Å². The molecular formula is C11H16N6O2S. The molecule has 0 radical (unpaired) electrons. The SMILES string of the molecule is CCOC(=O)SCc1nc(N(C)C)nc(N(C)C#N)n1. The third-order valence-electron chi connectivity index (χ3n) is 2.09. The molecule has 0 aliphatic carbocycles. The Kier molecular flexibility index (Phi) is 5.99. The molecule has 0 N–H and O–H groups in total. The Balaban J connectivity index is 2.92. The molecule has 8 nitrogen and oxygen atoms in total. The zero-order valence-electron chi connectivity index (χ0n) is 11.8. The highest BCUT2D eigenvalue weighted by Gasteiger charge is 2.13. The predicted octanol–water partition coefficient (Wildman–Crippen LogP) is 1.24. The molecule has 1 aromatic rings. The van der Waals surface area contributed by atoms with Gasteiger partial charge in [-0.05, 0) is 18.7 Å². The number of nitrogens with zero attached hydrogens (tertiary/aromatic N) is 6. The summed E-state index contributed by atoms with van der Waals surface area (Å²) in [5.74, 6) is 1.34. The van der Waals surface area contributed by atoms with Gasteiger partial charge in [0.25, 0.3) is 0 Å². The van der Waals surface area contributed by atoms with Crippen LogP contribution in [0.5, 0.6) is 0 Å². The molecule has 0 bridgehead atoms. The van der Waals surface area contributed by atoms with E-state index >= 15 is 0 Å². The van der Waals surface area contributed by atoms with Crippen LogP contribution in [-0.4, -0.2) is 48.0 Å². The van der Waals surface area contributed by atoms with Crippen LogP contribution in [0, 0.1) is 11.5 Å². The fraction of sp³-hybridized carbons (Fsp3) is 0.545. The lowest BCUT2D eigenvalue weighted by molar-refractivity contribution is 0.181. The number of hydrogen-bond donors (Lipinski definition) is 0. The molecule has 0 saturated heterocycles. The van der Waals surface area contributed by atoms with E-state index in [1.54, 1.807) is 33.0 Å². The quantitative estimate of drug-likeness (QED) is 0.451. The Morgan fingerprint density at radius 1 is 1.30 bits per heavy atom. The largest absolute Gasteiger partial charge is 0.458 e. The highest BCUT2D eigenvalue weighted by molar-refractivity contribution is 8.12. The topological polar surface area (TPSA) is 95.2 Å². The van der Waals surface area contributed by atoms with Gasteiger partial charge < -0.3 is 9.64 Å². The summed E-state index contributed by atoms with van der Waals surface area (Å²) in [6.07, 6.45) is 1.92. The average Bonchev–Trinajstić information content (AvgIpc) is 2.44. The number of anilines is 2. The summed E-state index contributed by atoms with van der Waals surface area (Å²) in [6, 6.07) is 0. The summed E-state index contributed by atoms with van der Waals surface area (Å²) in [5.41, 5.74) is 0. The molecule has 0 aliphatic rings. The third-order valence-corrected chi connectivity index (χ3v) is 2.85. The molecule has 108 valence electrons. The van der Waals surface area contributed by atoms with Gasteiger partial charge in [-0.2, -0.15) is 20.2 Å². The smallest absolute Gasteiger partial charge is 0.367 e. The number of carbonyl (C=O) groups excluding carboxylic acids is 1. The highest BCUT2D eigenvalue weighted by Crippen LogP contribution is 2.16. The van der Waals surface area contributed by atoms with E-state index in [9.17, 15) is 4.79 Å². The molecule has 0 fully saturated rings. The fourth-order valence-electron chi connectivity index (χ4n) is 1.14. The molecule has 0 spiro atoms. The van der Waals surface area contributed by atoms with E-state index in [1.165, 1.54) is 4.90 Å². The molecule has 0 atom stereocenters. The fourth-order valence-corrected chi connectivity index (χ4v) is 1.71. The summed E-state index contributed by atoms with van der Waals surface area (Å²) in [6.45, 7) is 2.07. The summed E-state index contributed by atoms with van der Waals surface area (Å²) < 4.78 is 4.82. The van der Waals surface area contributed by atoms with E-state index in [0.717, 1.165) is 11.8 Å².